The molecule has 2 aromatic carbocycles. The number of phenols is 1. The Bertz CT molecular complexity index is 848. The van der Waals surface area contributed by atoms with Gasteiger partial charge in [0.2, 0.25) is 6.79 Å². The van der Waals surface area contributed by atoms with Crippen molar-refractivity contribution in [2.45, 2.75) is 18.6 Å². The number of phenolic OH excluding ortho intramolecular Hbond substituents is 1. The SMILES string of the molecule is COC1c2cc(O)ccc2-c2c3c(cc4c2C1N(C)CC4)OCO3. The Labute approximate surface area is 140 Å². The van der Waals surface area contributed by atoms with Crippen LogP contribution in [0.3, 0.4) is 0 Å². The fourth-order valence-electron chi connectivity index (χ4n) is 4.40. The van der Waals surface area contributed by atoms with Crippen molar-refractivity contribution in [3.05, 3.63) is 41.0 Å². The zero-order chi connectivity index (χ0) is 16.4. The highest BCUT2D eigenvalue weighted by molar-refractivity contribution is 5.84. The summed E-state index contributed by atoms with van der Waals surface area (Å²) < 4.78 is 17.4. The normalized spacial score (nSPS) is 23.8. The third-order valence-electron chi connectivity index (χ3n) is 5.45. The predicted octanol–water partition coefficient (Wildman–Crippen LogP) is 3.02. The van der Waals surface area contributed by atoms with Crippen molar-refractivity contribution >= 4 is 0 Å². The molecular weight excluding hydrogens is 306 g/mol. The van der Waals surface area contributed by atoms with Gasteiger partial charge in [0.25, 0.3) is 0 Å². The molecule has 2 atom stereocenters. The van der Waals surface area contributed by atoms with E-state index in [1.807, 2.05) is 12.1 Å². The summed E-state index contributed by atoms with van der Waals surface area (Å²) in [7, 11) is 3.86. The van der Waals surface area contributed by atoms with Crippen molar-refractivity contribution in [3.8, 4) is 28.4 Å². The molecule has 0 spiro atoms. The Balaban J connectivity index is 1.89. The molecule has 24 heavy (non-hydrogen) atoms. The summed E-state index contributed by atoms with van der Waals surface area (Å²) in [5, 5.41) is 10.0. The lowest BCUT2D eigenvalue weighted by Crippen LogP contribution is -2.38. The standard InChI is InChI=1S/C19H19NO4/c1-20-6-5-10-7-14-19(24-9-23-14)16-12-4-3-11(21)8-13(12)18(22-2)17(20)15(10)16/h3-4,7-8,17-18,21H,5-6,9H2,1-2H3. The van der Waals surface area contributed by atoms with E-state index in [0.717, 1.165) is 41.2 Å². The molecule has 2 aliphatic heterocycles. The van der Waals surface area contributed by atoms with Crippen molar-refractivity contribution in [1.29, 1.82) is 0 Å². The number of aromatic hydroxyl groups is 1. The average Bonchev–Trinajstić information content (AvgIpc) is 3.05. The quantitative estimate of drug-likeness (QED) is 0.873. The van der Waals surface area contributed by atoms with Crippen LogP contribution >= 0.6 is 0 Å². The molecule has 5 heteroatoms. The van der Waals surface area contributed by atoms with Gasteiger partial charge in [0.15, 0.2) is 11.5 Å². The van der Waals surface area contributed by atoms with Crippen LogP contribution < -0.4 is 9.47 Å². The van der Waals surface area contributed by atoms with E-state index in [9.17, 15) is 5.11 Å². The third-order valence-corrected chi connectivity index (χ3v) is 5.45. The smallest absolute Gasteiger partial charge is 0.231 e. The molecule has 5 rings (SSSR count). The molecule has 0 saturated carbocycles. The fourth-order valence-corrected chi connectivity index (χ4v) is 4.40. The topological polar surface area (TPSA) is 51.2 Å². The van der Waals surface area contributed by atoms with Crippen LogP contribution in [0.4, 0.5) is 0 Å². The summed E-state index contributed by atoms with van der Waals surface area (Å²) in [4.78, 5) is 2.33. The number of hydrogen-bond acceptors (Lipinski definition) is 5. The second-order valence-corrected chi connectivity index (χ2v) is 6.66. The van der Waals surface area contributed by atoms with Crippen molar-refractivity contribution in [1.82, 2.24) is 4.90 Å². The first-order valence-electron chi connectivity index (χ1n) is 8.20. The maximum absolute atomic E-state index is 10.0. The number of ether oxygens (including phenoxy) is 3. The molecule has 0 aromatic heterocycles. The highest BCUT2D eigenvalue weighted by Gasteiger charge is 2.43. The van der Waals surface area contributed by atoms with Gasteiger partial charge in [-0.2, -0.15) is 0 Å². The predicted molar refractivity (Wildman–Crippen MR) is 88.5 cm³/mol. The van der Waals surface area contributed by atoms with E-state index in [1.165, 1.54) is 11.1 Å². The lowest BCUT2D eigenvalue weighted by molar-refractivity contribution is 0.0153. The highest BCUT2D eigenvalue weighted by Crippen LogP contribution is 2.57. The zero-order valence-electron chi connectivity index (χ0n) is 13.7. The van der Waals surface area contributed by atoms with Crippen LogP contribution in [-0.2, 0) is 11.2 Å². The first kappa shape index (κ1) is 14.1. The molecule has 3 aliphatic rings. The van der Waals surface area contributed by atoms with Gasteiger partial charge >= 0.3 is 0 Å². The number of likely N-dealkylation sites (N-methyl/N-ethyl adjacent to an activating group) is 1. The molecule has 0 amide bonds. The van der Waals surface area contributed by atoms with Gasteiger partial charge in [0.1, 0.15) is 11.9 Å². The Hall–Kier alpha value is -2.24. The van der Waals surface area contributed by atoms with E-state index in [-0.39, 0.29) is 24.7 Å². The van der Waals surface area contributed by atoms with Crippen molar-refractivity contribution in [3.63, 3.8) is 0 Å². The van der Waals surface area contributed by atoms with E-state index in [1.54, 1.807) is 13.2 Å². The van der Waals surface area contributed by atoms with Gasteiger partial charge < -0.3 is 19.3 Å². The van der Waals surface area contributed by atoms with E-state index in [2.05, 4.69) is 18.0 Å². The van der Waals surface area contributed by atoms with Crippen LogP contribution in [0.5, 0.6) is 17.2 Å². The molecule has 5 nitrogen and oxygen atoms in total. The molecule has 0 fully saturated rings. The fraction of sp³-hybridized carbons (Fsp3) is 0.368. The summed E-state index contributed by atoms with van der Waals surface area (Å²) in [6.45, 7) is 1.22. The number of hydrogen-bond donors (Lipinski definition) is 1. The number of rotatable bonds is 1. The van der Waals surface area contributed by atoms with Gasteiger partial charge in [0, 0.05) is 19.2 Å². The van der Waals surface area contributed by atoms with E-state index in [0.29, 0.717) is 0 Å². The first-order chi connectivity index (χ1) is 11.7. The molecular formula is C19H19NO4. The van der Waals surface area contributed by atoms with Crippen LogP contribution in [0.1, 0.15) is 28.8 Å². The van der Waals surface area contributed by atoms with Crippen LogP contribution in [0.2, 0.25) is 0 Å². The average molecular weight is 325 g/mol. The summed E-state index contributed by atoms with van der Waals surface area (Å²) in [5.74, 6) is 1.89. The Morgan fingerprint density at radius 3 is 2.96 bits per heavy atom. The first-order valence-corrected chi connectivity index (χ1v) is 8.20. The maximum Gasteiger partial charge on any atom is 0.231 e. The number of fused-ring (bicyclic) bond motifs is 4. The lowest BCUT2D eigenvalue weighted by atomic mass is 9.75. The van der Waals surface area contributed by atoms with Crippen molar-refractivity contribution < 1.29 is 19.3 Å². The van der Waals surface area contributed by atoms with Gasteiger partial charge in [-0.25, -0.2) is 0 Å². The van der Waals surface area contributed by atoms with Gasteiger partial charge in [-0.15, -0.1) is 0 Å². The number of nitrogens with zero attached hydrogens (tertiary/aromatic N) is 1. The Morgan fingerprint density at radius 1 is 1.25 bits per heavy atom. The van der Waals surface area contributed by atoms with Gasteiger partial charge in [-0.1, -0.05) is 6.07 Å². The Morgan fingerprint density at radius 2 is 2.12 bits per heavy atom. The molecule has 0 radical (unpaired) electrons. The van der Waals surface area contributed by atoms with E-state index < -0.39 is 0 Å². The molecule has 1 aliphatic carbocycles. The molecule has 2 unspecified atom stereocenters. The molecule has 0 saturated heterocycles. The number of methoxy groups -OCH3 is 1. The van der Waals surface area contributed by atoms with Gasteiger partial charge in [0.05, 0.1) is 6.04 Å². The molecule has 124 valence electrons. The Kier molecular flexibility index (Phi) is 2.87. The van der Waals surface area contributed by atoms with Crippen LogP contribution in [0, 0.1) is 0 Å². The summed E-state index contributed by atoms with van der Waals surface area (Å²) in [5.41, 5.74) is 5.74. The maximum atomic E-state index is 10.0. The molecule has 2 heterocycles. The minimum atomic E-state index is -0.121. The minimum Gasteiger partial charge on any atom is -0.508 e. The number of benzene rings is 2. The molecule has 1 N–H and O–H groups in total. The van der Waals surface area contributed by atoms with Crippen LogP contribution in [0.15, 0.2) is 24.3 Å². The van der Waals surface area contributed by atoms with Gasteiger partial charge in [-0.3, -0.25) is 4.90 Å². The van der Waals surface area contributed by atoms with E-state index >= 15 is 0 Å². The second kappa shape index (κ2) is 4.88. The molecule has 2 aromatic rings. The second-order valence-electron chi connectivity index (χ2n) is 6.66. The largest absolute Gasteiger partial charge is 0.508 e. The van der Waals surface area contributed by atoms with Crippen molar-refractivity contribution in [2.75, 3.05) is 27.5 Å². The molecule has 0 bridgehead atoms. The van der Waals surface area contributed by atoms with Crippen LogP contribution in [0.25, 0.3) is 11.1 Å². The summed E-state index contributed by atoms with van der Waals surface area (Å²) >= 11 is 0. The zero-order valence-corrected chi connectivity index (χ0v) is 13.7. The van der Waals surface area contributed by atoms with Crippen LogP contribution in [-0.4, -0.2) is 37.5 Å². The third kappa shape index (κ3) is 1.71. The lowest BCUT2D eigenvalue weighted by Gasteiger charge is -2.44. The van der Waals surface area contributed by atoms with E-state index in [4.69, 9.17) is 14.2 Å². The summed E-state index contributed by atoms with van der Waals surface area (Å²) in [6, 6.07) is 7.72. The highest BCUT2D eigenvalue weighted by atomic mass is 16.7. The minimum absolute atomic E-state index is 0.109. The van der Waals surface area contributed by atoms with Gasteiger partial charge in [-0.05, 0) is 53.9 Å². The summed E-state index contributed by atoms with van der Waals surface area (Å²) in [6.07, 6.45) is 0.861. The monoisotopic (exact) mass is 325 g/mol. The van der Waals surface area contributed by atoms with Crippen molar-refractivity contribution in [2.24, 2.45) is 0 Å².